The molecule has 0 saturated carbocycles. The summed E-state index contributed by atoms with van der Waals surface area (Å²) in [5.41, 5.74) is 0. The summed E-state index contributed by atoms with van der Waals surface area (Å²) in [7, 11) is -4.18. The molecule has 1 unspecified atom stereocenters. The number of phosphoric acid groups is 1. The van der Waals surface area contributed by atoms with Crippen molar-refractivity contribution in [2.24, 2.45) is 47.3 Å². The van der Waals surface area contributed by atoms with Gasteiger partial charge in [0.2, 0.25) is 0 Å². The third-order valence-corrected chi connectivity index (χ3v) is 13.4. The lowest BCUT2D eigenvalue weighted by Crippen LogP contribution is -2.27. The number of phosphoric ester groups is 1. The first-order valence-electron chi connectivity index (χ1n) is 22.7. The van der Waals surface area contributed by atoms with E-state index in [1.165, 1.54) is 128 Å². The normalized spacial score (nSPS) is 34.1. The standard InChI is InChI=1S/C45H90ClO6P/c1-37-15-9-17-39(3)21-13-25-43(7)29-32-49-35-45(36-52-53(47,48)51-34-31-46)50-33-30-44(8)26-14-22-40(4)18-10-16-38(2)20-12-24-42(6)28-27-41(5)23-11-19-37/h37-45H,9-36H2,1-8H3,(H,47,48)/t37-,38-,39+,40+,41-,42-,43+,44+,45-/m0/s1. The molecule has 1 rings (SSSR count). The van der Waals surface area contributed by atoms with Gasteiger partial charge in [-0.25, -0.2) is 4.57 Å². The molecule has 0 spiro atoms. The molecular formula is C45H90ClO6P. The quantitative estimate of drug-likeness (QED) is 0.213. The van der Waals surface area contributed by atoms with E-state index in [1.807, 2.05) is 0 Å². The molecule has 1 heterocycles. The van der Waals surface area contributed by atoms with Crippen LogP contribution in [0.3, 0.4) is 0 Å². The van der Waals surface area contributed by atoms with Gasteiger partial charge in [-0.3, -0.25) is 9.05 Å². The van der Waals surface area contributed by atoms with Crippen molar-refractivity contribution in [2.75, 3.05) is 38.9 Å². The van der Waals surface area contributed by atoms with Crippen LogP contribution in [0.4, 0.5) is 0 Å². The highest BCUT2D eigenvalue weighted by Crippen LogP contribution is 2.43. The number of rotatable bonds is 6. The van der Waals surface area contributed by atoms with Gasteiger partial charge in [0.05, 0.1) is 19.8 Å². The Morgan fingerprint density at radius 2 is 0.830 bits per heavy atom. The van der Waals surface area contributed by atoms with Gasteiger partial charge in [-0.2, -0.15) is 0 Å². The van der Waals surface area contributed by atoms with Crippen molar-refractivity contribution in [1.82, 2.24) is 0 Å². The summed E-state index contributed by atoms with van der Waals surface area (Å²) >= 11 is 5.63. The summed E-state index contributed by atoms with van der Waals surface area (Å²) in [5, 5.41) is 0. The molecule has 0 radical (unpaired) electrons. The predicted molar refractivity (Wildman–Crippen MR) is 228 cm³/mol. The van der Waals surface area contributed by atoms with Crippen LogP contribution in [0, 0.1) is 47.3 Å². The molecule has 6 nitrogen and oxygen atoms in total. The van der Waals surface area contributed by atoms with Crippen LogP contribution in [0.5, 0.6) is 0 Å². The van der Waals surface area contributed by atoms with E-state index >= 15 is 0 Å². The fraction of sp³-hybridized carbons (Fsp3) is 1.00. The van der Waals surface area contributed by atoms with E-state index in [1.54, 1.807) is 0 Å². The Balaban J connectivity index is 2.64. The molecule has 0 aromatic carbocycles. The molecule has 1 N–H and O–H groups in total. The average Bonchev–Trinajstić information content (AvgIpc) is 3.10. The summed E-state index contributed by atoms with van der Waals surface area (Å²) < 4.78 is 34.7. The third-order valence-electron chi connectivity index (χ3n) is 12.3. The van der Waals surface area contributed by atoms with E-state index < -0.39 is 13.9 Å². The maximum absolute atomic E-state index is 12.3. The zero-order chi connectivity index (χ0) is 39.3. The molecule has 318 valence electrons. The van der Waals surface area contributed by atoms with Gasteiger partial charge in [0.25, 0.3) is 0 Å². The van der Waals surface area contributed by atoms with Crippen molar-refractivity contribution in [2.45, 2.75) is 203 Å². The topological polar surface area (TPSA) is 74.2 Å². The van der Waals surface area contributed by atoms with Gasteiger partial charge in [0.1, 0.15) is 6.10 Å². The monoisotopic (exact) mass is 793 g/mol. The lowest BCUT2D eigenvalue weighted by molar-refractivity contribution is -0.0474. The molecule has 1 aliphatic rings. The molecule has 1 fully saturated rings. The van der Waals surface area contributed by atoms with Gasteiger partial charge in [-0.05, 0) is 60.2 Å². The number of hydrogen-bond donors (Lipinski definition) is 1. The number of halogens is 1. The third kappa shape index (κ3) is 31.0. The first-order valence-corrected chi connectivity index (χ1v) is 24.7. The summed E-state index contributed by atoms with van der Waals surface area (Å²) in [5.74, 6) is 6.33. The van der Waals surface area contributed by atoms with Gasteiger partial charge in [-0.1, -0.05) is 184 Å². The van der Waals surface area contributed by atoms with E-state index in [0.717, 1.165) is 48.3 Å². The molecule has 1 saturated heterocycles. The molecule has 10 atom stereocenters. The molecule has 8 heteroatoms. The molecule has 0 aliphatic carbocycles. The van der Waals surface area contributed by atoms with E-state index in [0.29, 0.717) is 31.7 Å². The summed E-state index contributed by atoms with van der Waals surface area (Å²) in [6, 6.07) is 0. The smallest absolute Gasteiger partial charge is 0.379 e. The Labute approximate surface area is 335 Å². The van der Waals surface area contributed by atoms with Gasteiger partial charge in [0.15, 0.2) is 0 Å². The van der Waals surface area contributed by atoms with Crippen LogP contribution in [0.1, 0.15) is 197 Å². The zero-order valence-electron chi connectivity index (χ0n) is 36.3. The first kappa shape index (κ1) is 51.3. The van der Waals surface area contributed by atoms with Crippen molar-refractivity contribution < 1.29 is 28.0 Å². The summed E-state index contributed by atoms with van der Waals surface area (Å²) in [4.78, 5) is 10.0. The first-order chi connectivity index (χ1) is 25.3. The van der Waals surface area contributed by atoms with Crippen LogP contribution in [-0.4, -0.2) is 49.9 Å². The number of ether oxygens (including phenoxy) is 2. The largest absolute Gasteiger partial charge is 0.472 e. The maximum atomic E-state index is 12.3. The second-order valence-corrected chi connectivity index (χ2v) is 20.3. The minimum Gasteiger partial charge on any atom is -0.379 e. The van der Waals surface area contributed by atoms with Crippen LogP contribution in [0.2, 0.25) is 0 Å². The predicted octanol–water partition coefficient (Wildman–Crippen LogP) is 14.4. The van der Waals surface area contributed by atoms with Crippen molar-refractivity contribution in [1.29, 1.82) is 0 Å². The van der Waals surface area contributed by atoms with Crippen molar-refractivity contribution in [3.63, 3.8) is 0 Å². The molecular weight excluding hydrogens is 703 g/mol. The van der Waals surface area contributed by atoms with E-state index in [4.69, 9.17) is 30.1 Å². The Morgan fingerprint density at radius 1 is 0.509 bits per heavy atom. The Kier molecular flexibility index (Phi) is 31.3. The van der Waals surface area contributed by atoms with Crippen LogP contribution in [0.15, 0.2) is 0 Å². The summed E-state index contributed by atoms with van der Waals surface area (Å²) in [6.07, 6.45) is 28.5. The van der Waals surface area contributed by atoms with Crippen molar-refractivity contribution in [3.8, 4) is 0 Å². The van der Waals surface area contributed by atoms with Gasteiger partial charge >= 0.3 is 7.82 Å². The Morgan fingerprint density at radius 3 is 1.19 bits per heavy atom. The summed E-state index contributed by atoms with van der Waals surface area (Å²) in [6.45, 7) is 20.9. The lowest BCUT2D eigenvalue weighted by Gasteiger charge is -2.21. The van der Waals surface area contributed by atoms with Crippen LogP contribution in [-0.2, 0) is 23.1 Å². The van der Waals surface area contributed by atoms with Gasteiger partial charge in [0, 0.05) is 19.1 Å². The maximum Gasteiger partial charge on any atom is 0.472 e. The van der Waals surface area contributed by atoms with E-state index in [-0.39, 0.29) is 19.1 Å². The molecule has 0 aromatic heterocycles. The zero-order valence-corrected chi connectivity index (χ0v) is 38.0. The van der Waals surface area contributed by atoms with E-state index in [2.05, 4.69) is 55.4 Å². The fourth-order valence-electron chi connectivity index (χ4n) is 8.06. The minimum atomic E-state index is -4.18. The highest BCUT2D eigenvalue weighted by Gasteiger charge is 2.24. The van der Waals surface area contributed by atoms with Crippen molar-refractivity contribution in [3.05, 3.63) is 0 Å². The molecule has 0 aromatic rings. The molecule has 53 heavy (non-hydrogen) atoms. The molecule has 1 aliphatic heterocycles. The Hall–Kier alpha value is 0.320. The van der Waals surface area contributed by atoms with Crippen LogP contribution < -0.4 is 0 Å². The minimum absolute atomic E-state index is 0.0404. The average molecular weight is 794 g/mol. The van der Waals surface area contributed by atoms with Crippen LogP contribution >= 0.6 is 19.4 Å². The number of alkyl halides is 1. The lowest BCUT2D eigenvalue weighted by atomic mass is 9.88. The molecule has 0 amide bonds. The molecule has 0 bridgehead atoms. The SMILES string of the molecule is C[C@@H]1CCC[C@H](C)CCC[C@H](C)CC[C@@H](C)CCC[C@@H](C)CCC[C@@H](C)CCC[C@@H](C)CCO[C@H](COP(=O)(O)OCCCl)COCC[C@H](C)CCC1. The highest BCUT2D eigenvalue weighted by atomic mass is 35.5. The van der Waals surface area contributed by atoms with Gasteiger partial charge in [-0.15, -0.1) is 11.6 Å². The number of hydrogen-bond acceptors (Lipinski definition) is 5. The van der Waals surface area contributed by atoms with Crippen LogP contribution in [0.25, 0.3) is 0 Å². The fourth-order valence-corrected chi connectivity index (χ4v) is 8.99. The second-order valence-electron chi connectivity index (χ2n) is 18.4. The van der Waals surface area contributed by atoms with Gasteiger partial charge < -0.3 is 14.4 Å². The second kappa shape index (κ2) is 32.3. The highest BCUT2D eigenvalue weighted by molar-refractivity contribution is 7.47. The van der Waals surface area contributed by atoms with E-state index in [9.17, 15) is 9.46 Å². The van der Waals surface area contributed by atoms with Crippen molar-refractivity contribution >= 4 is 19.4 Å². The Bertz CT molecular complexity index is 878.